The lowest BCUT2D eigenvalue weighted by molar-refractivity contribution is -0.122. The predicted molar refractivity (Wildman–Crippen MR) is 88.8 cm³/mol. The zero-order chi connectivity index (χ0) is 17.7. The minimum absolute atomic E-state index is 0.221. The fourth-order valence-electron chi connectivity index (χ4n) is 2.52. The molecule has 1 aliphatic heterocycles. The van der Waals surface area contributed by atoms with Crippen molar-refractivity contribution in [3.63, 3.8) is 0 Å². The highest BCUT2D eigenvalue weighted by molar-refractivity contribution is 5.98. The highest BCUT2D eigenvalue weighted by Crippen LogP contribution is 2.40. The first-order valence-electron chi connectivity index (χ1n) is 7.96. The topological polar surface area (TPSA) is 85.9 Å². The van der Waals surface area contributed by atoms with E-state index >= 15 is 0 Å². The highest BCUT2D eigenvalue weighted by atomic mass is 16.6. The molecule has 0 saturated carbocycles. The van der Waals surface area contributed by atoms with E-state index in [4.69, 9.17) is 14.2 Å². The van der Waals surface area contributed by atoms with Gasteiger partial charge in [-0.1, -0.05) is 13.8 Å². The maximum Gasteiger partial charge on any atom is 0.252 e. The van der Waals surface area contributed by atoms with Crippen LogP contribution in [0, 0.1) is 5.92 Å². The molecule has 0 fully saturated rings. The van der Waals surface area contributed by atoms with Crippen molar-refractivity contribution in [1.29, 1.82) is 0 Å². The van der Waals surface area contributed by atoms with Gasteiger partial charge in [0.05, 0.1) is 7.11 Å². The second-order valence-corrected chi connectivity index (χ2v) is 5.97. The summed E-state index contributed by atoms with van der Waals surface area (Å²) in [5.41, 5.74) is 0.355. The number of hydrogen-bond acceptors (Lipinski definition) is 5. The smallest absolute Gasteiger partial charge is 0.252 e. The van der Waals surface area contributed by atoms with E-state index in [0.717, 1.165) is 0 Å². The van der Waals surface area contributed by atoms with Crippen LogP contribution in [0.2, 0.25) is 0 Å². The average molecular weight is 336 g/mol. The van der Waals surface area contributed by atoms with Gasteiger partial charge < -0.3 is 24.8 Å². The van der Waals surface area contributed by atoms with Crippen LogP contribution in [0.5, 0.6) is 17.2 Å². The number of fused-ring (bicyclic) bond motifs is 1. The monoisotopic (exact) mass is 336 g/mol. The predicted octanol–water partition coefficient (Wildman–Crippen LogP) is 1.36. The normalized spacial score (nSPS) is 14.0. The minimum atomic E-state index is -0.596. The van der Waals surface area contributed by atoms with Gasteiger partial charge in [-0.15, -0.1) is 0 Å². The second-order valence-electron chi connectivity index (χ2n) is 5.97. The molecule has 7 nitrogen and oxygen atoms in total. The van der Waals surface area contributed by atoms with Crippen LogP contribution in [0.15, 0.2) is 12.1 Å². The van der Waals surface area contributed by atoms with Crippen LogP contribution in [-0.4, -0.2) is 45.2 Å². The summed E-state index contributed by atoms with van der Waals surface area (Å²) in [6.45, 7) is 4.84. The molecule has 0 aromatic heterocycles. The van der Waals surface area contributed by atoms with Gasteiger partial charge in [0.2, 0.25) is 11.7 Å². The van der Waals surface area contributed by atoms with Gasteiger partial charge in [-0.2, -0.15) is 0 Å². The SMILES string of the molecule is CNC(=O)C(CC(C)C)NC(=O)c1cc(OC)c2c(c1)OCCO2. The molecular formula is C17H24N2O5. The van der Waals surface area contributed by atoms with Crippen LogP contribution in [0.3, 0.4) is 0 Å². The molecule has 1 heterocycles. The van der Waals surface area contributed by atoms with Crippen LogP contribution in [0.4, 0.5) is 0 Å². The van der Waals surface area contributed by atoms with E-state index in [2.05, 4.69) is 10.6 Å². The number of methoxy groups -OCH3 is 1. The summed E-state index contributed by atoms with van der Waals surface area (Å²) in [5.74, 6) is 1.07. The average Bonchev–Trinajstić information content (AvgIpc) is 2.58. The molecule has 2 rings (SSSR count). The van der Waals surface area contributed by atoms with Gasteiger partial charge in [0.15, 0.2) is 11.5 Å². The van der Waals surface area contributed by atoms with Crippen molar-refractivity contribution in [3.05, 3.63) is 17.7 Å². The molecule has 7 heteroatoms. The Labute approximate surface area is 141 Å². The second kappa shape index (κ2) is 7.90. The lowest BCUT2D eigenvalue weighted by Crippen LogP contribution is -2.46. The maximum atomic E-state index is 12.6. The fraction of sp³-hybridized carbons (Fsp3) is 0.529. The maximum absolute atomic E-state index is 12.6. The van der Waals surface area contributed by atoms with Gasteiger partial charge in [-0.25, -0.2) is 0 Å². The van der Waals surface area contributed by atoms with Crippen LogP contribution in [-0.2, 0) is 4.79 Å². The number of nitrogens with one attached hydrogen (secondary N) is 2. The number of ether oxygens (including phenoxy) is 3. The zero-order valence-electron chi connectivity index (χ0n) is 14.5. The summed E-state index contributed by atoms with van der Waals surface area (Å²) in [7, 11) is 3.05. The first kappa shape index (κ1) is 17.9. The molecule has 132 valence electrons. The van der Waals surface area contributed by atoms with Crippen LogP contribution in [0.1, 0.15) is 30.6 Å². The van der Waals surface area contributed by atoms with E-state index in [-0.39, 0.29) is 17.7 Å². The molecule has 0 radical (unpaired) electrons. The molecule has 0 saturated heterocycles. The Morgan fingerprint density at radius 2 is 1.96 bits per heavy atom. The first-order chi connectivity index (χ1) is 11.5. The fourth-order valence-corrected chi connectivity index (χ4v) is 2.52. The van der Waals surface area contributed by atoms with Crippen LogP contribution in [0.25, 0.3) is 0 Å². The Morgan fingerprint density at radius 3 is 2.58 bits per heavy atom. The zero-order valence-corrected chi connectivity index (χ0v) is 14.5. The van der Waals surface area contributed by atoms with E-state index in [1.165, 1.54) is 7.11 Å². The van der Waals surface area contributed by atoms with Gasteiger partial charge in [-0.3, -0.25) is 9.59 Å². The van der Waals surface area contributed by atoms with Gasteiger partial charge in [0, 0.05) is 12.6 Å². The summed E-state index contributed by atoms with van der Waals surface area (Å²) < 4.78 is 16.3. The third kappa shape index (κ3) is 4.10. The molecule has 1 unspecified atom stereocenters. The van der Waals surface area contributed by atoms with E-state index in [1.807, 2.05) is 13.8 Å². The summed E-state index contributed by atoms with van der Waals surface area (Å²) in [4.78, 5) is 24.5. The molecule has 2 N–H and O–H groups in total. The van der Waals surface area contributed by atoms with Gasteiger partial charge in [-0.05, 0) is 24.5 Å². The van der Waals surface area contributed by atoms with Crippen molar-refractivity contribution in [1.82, 2.24) is 10.6 Å². The van der Waals surface area contributed by atoms with Gasteiger partial charge >= 0.3 is 0 Å². The lowest BCUT2D eigenvalue weighted by atomic mass is 10.0. The Bertz CT molecular complexity index is 598. The number of carbonyl (C=O) groups excluding carboxylic acids is 2. The molecule has 0 bridgehead atoms. The van der Waals surface area contributed by atoms with Gasteiger partial charge in [0.1, 0.15) is 19.3 Å². The van der Waals surface area contributed by atoms with Crippen molar-refractivity contribution in [3.8, 4) is 17.2 Å². The molecule has 24 heavy (non-hydrogen) atoms. The van der Waals surface area contributed by atoms with Crippen LogP contribution >= 0.6 is 0 Å². The molecular weight excluding hydrogens is 312 g/mol. The molecule has 1 aromatic carbocycles. The number of hydrogen-bond donors (Lipinski definition) is 2. The Hall–Kier alpha value is -2.44. The number of rotatable bonds is 6. The number of benzene rings is 1. The molecule has 1 aliphatic rings. The van der Waals surface area contributed by atoms with Crippen molar-refractivity contribution < 1.29 is 23.8 Å². The summed E-state index contributed by atoms with van der Waals surface area (Å²) in [6, 6.07) is 2.59. The van der Waals surface area contributed by atoms with Crippen molar-refractivity contribution in [2.75, 3.05) is 27.4 Å². The molecule has 0 aliphatic carbocycles. The summed E-state index contributed by atoms with van der Waals surface area (Å²) in [6.07, 6.45) is 0.549. The largest absolute Gasteiger partial charge is 0.493 e. The van der Waals surface area contributed by atoms with Crippen molar-refractivity contribution in [2.24, 2.45) is 5.92 Å². The summed E-state index contributed by atoms with van der Waals surface area (Å²) in [5, 5.41) is 5.35. The molecule has 1 aromatic rings. The van der Waals surface area contributed by atoms with E-state index in [0.29, 0.717) is 42.4 Å². The highest BCUT2D eigenvalue weighted by Gasteiger charge is 2.24. The minimum Gasteiger partial charge on any atom is -0.493 e. The van der Waals surface area contributed by atoms with E-state index in [1.54, 1.807) is 19.2 Å². The molecule has 0 spiro atoms. The first-order valence-corrected chi connectivity index (χ1v) is 7.96. The number of carbonyl (C=O) groups is 2. The van der Waals surface area contributed by atoms with Crippen LogP contribution < -0.4 is 24.8 Å². The molecule has 2 amide bonds. The van der Waals surface area contributed by atoms with Crippen molar-refractivity contribution >= 4 is 11.8 Å². The standard InChI is InChI=1S/C17H24N2O5/c1-10(2)7-12(17(21)18-3)19-16(20)11-8-13(22-4)15-14(9-11)23-5-6-24-15/h8-10,12H,5-7H2,1-4H3,(H,18,21)(H,19,20). The quantitative estimate of drug-likeness (QED) is 0.819. The van der Waals surface area contributed by atoms with E-state index in [9.17, 15) is 9.59 Å². The molecule has 1 atom stereocenters. The third-order valence-electron chi connectivity index (χ3n) is 3.67. The van der Waals surface area contributed by atoms with Crippen molar-refractivity contribution in [2.45, 2.75) is 26.3 Å². The Kier molecular flexibility index (Phi) is 5.89. The van der Waals surface area contributed by atoms with Gasteiger partial charge in [0.25, 0.3) is 5.91 Å². The lowest BCUT2D eigenvalue weighted by Gasteiger charge is -2.22. The summed E-state index contributed by atoms with van der Waals surface area (Å²) >= 11 is 0. The third-order valence-corrected chi connectivity index (χ3v) is 3.67. The number of likely N-dealkylation sites (N-methyl/N-ethyl adjacent to an activating group) is 1. The Morgan fingerprint density at radius 1 is 1.25 bits per heavy atom. The Balaban J connectivity index is 2.23. The van der Waals surface area contributed by atoms with E-state index < -0.39 is 6.04 Å². The number of amides is 2.